The number of aromatic nitrogens is 2. The predicted molar refractivity (Wildman–Crippen MR) is 109 cm³/mol. The molecule has 2 aliphatic heterocycles. The van der Waals surface area contributed by atoms with Crippen molar-refractivity contribution in [1.82, 2.24) is 14.3 Å². The Hall–Kier alpha value is -2.23. The monoisotopic (exact) mass is 418 g/mol. The summed E-state index contributed by atoms with van der Waals surface area (Å²) in [5.74, 6) is 1.35. The first-order valence-corrected chi connectivity index (χ1v) is 11.3. The molecule has 0 bridgehead atoms. The molecule has 0 radical (unpaired) electrons. The number of fused-ring (bicyclic) bond motifs is 1. The van der Waals surface area contributed by atoms with E-state index in [1.54, 1.807) is 18.2 Å². The van der Waals surface area contributed by atoms with Gasteiger partial charge in [-0.25, -0.2) is 18.4 Å². The third-order valence-electron chi connectivity index (χ3n) is 5.28. The fraction of sp³-hybridized carbons (Fsp3) is 0.500. The van der Waals surface area contributed by atoms with E-state index in [0.29, 0.717) is 44.5 Å². The van der Waals surface area contributed by atoms with Crippen molar-refractivity contribution in [2.24, 2.45) is 0 Å². The summed E-state index contributed by atoms with van der Waals surface area (Å²) in [6, 6.07) is 5.01. The SMILES string of the molecule is CCOc1ccc(S(=O)(=O)N2CCc3cnc(N4CCOCC4)nc3C2)cc1C. The Morgan fingerprint density at radius 2 is 2.00 bits per heavy atom. The molecule has 2 aliphatic rings. The van der Waals surface area contributed by atoms with Gasteiger partial charge in [0.25, 0.3) is 0 Å². The molecule has 0 amide bonds. The first-order chi connectivity index (χ1) is 14.0. The lowest BCUT2D eigenvalue weighted by Gasteiger charge is -2.30. The molecule has 1 aromatic carbocycles. The average Bonchev–Trinajstić information content (AvgIpc) is 2.75. The van der Waals surface area contributed by atoms with Gasteiger partial charge in [-0.15, -0.1) is 0 Å². The summed E-state index contributed by atoms with van der Waals surface area (Å²) in [7, 11) is -3.61. The molecule has 3 heterocycles. The van der Waals surface area contributed by atoms with Crippen LogP contribution in [-0.2, 0) is 27.7 Å². The van der Waals surface area contributed by atoms with Gasteiger partial charge in [0.05, 0.1) is 37.0 Å². The van der Waals surface area contributed by atoms with Crippen molar-refractivity contribution in [2.45, 2.75) is 31.7 Å². The number of ether oxygens (including phenoxy) is 2. The van der Waals surface area contributed by atoms with Crippen LogP contribution in [0, 0.1) is 6.92 Å². The van der Waals surface area contributed by atoms with Crippen molar-refractivity contribution >= 4 is 16.0 Å². The second-order valence-electron chi connectivity index (χ2n) is 7.19. The molecule has 8 nitrogen and oxygen atoms in total. The van der Waals surface area contributed by atoms with Gasteiger partial charge in [-0.05, 0) is 49.6 Å². The number of benzene rings is 1. The van der Waals surface area contributed by atoms with E-state index in [9.17, 15) is 8.42 Å². The minimum Gasteiger partial charge on any atom is -0.494 e. The Morgan fingerprint density at radius 3 is 2.72 bits per heavy atom. The molecule has 29 heavy (non-hydrogen) atoms. The zero-order valence-corrected chi connectivity index (χ0v) is 17.6. The van der Waals surface area contributed by atoms with Crippen LogP contribution < -0.4 is 9.64 Å². The maximum absolute atomic E-state index is 13.2. The van der Waals surface area contributed by atoms with Crippen molar-refractivity contribution in [1.29, 1.82) is 0 Å². The Bertz CT molecular complexity index is 990. The summed E-state index contributed by atoms with van der Waals surface area (Å²) in [4.78, 5) is 11.5. The van der Waals surface area contributed by atoms with Crippen molar-refractivity contribution in [3.05, 3.63) is 41.2 Å². The lowest BCUT2D eigenvalue weighted by atomic mass is 10.1. The van der Waals surface area contributed by atoms with Crippen LogP contribution in [0.2, 0.25) is 0 Å². The number of anilines is 1. The van der Waals surface area contributed by atoms with Gasteiger partial charge in [0, 0.05) is 25.8 Å². The summed E-state index contributed by atoms with van der Waals surface area (Å²) in [5.41, 5.74) is 2.59. The molecule has 0 aliphatic carbocycles. The molecule has 9 heteroatoms. The van der Waals surface area contributed by atoms with Crippen LogP contribution in [0.15, 0.2) is 29.3 Å². The maximum Gasteiger partial charge on any atom is 0.243 e. The third kappa shape index (κ3) is 4.08. The average molecular weight is 419 g/mol. The molecule has 0 saturated carbocycles. The fourth-order valence-corrected chi connectivity index (χ4v) is 5.13. The van der Waals surface area contributed by atoms with Crippen LogP contribution in [0.5, 0.6) is 5.75 Å². The largest absolute Gasteiger partial charge is 0.494 e. The summed E-state index contributed by atoms with van der Waals surface area (Å²) >= 11 is 0. The van der Waals surface area contributed by atoms with E-state index in [2.05, 4.69) is 14.9 Å². The van der Waals surface area contributed by atoms with Gasteiger partial charge in [0.1, 0.15) is 5.75 Å². The standard InChI is InChI=1S/C20H26N4O4S/c1-3-28-19-5-4-17(12-15(19)2)29(25,26)24-7-6-16-13-21-20(22-18(16)14-24)23-8-10-27-11-9-23/h4-5,12-13H,3,6-11,14H2,1-2H3. The van der Waals surface area contributed by atoms with Gasteiger partial charge >= 0.3 is 0 Å². The molecule has 0 spiro atoms. The molecule has 1 fully saturated rings. The Balaban J connectivity index is 1.57. The van der Waals surface area contributed by atoms with E-state index in [0.717, 1.165) is 29.9 Å². The zero-order valence-electron chi connectivity index (χ0n) is 16.8. The highest BCUT2D eigenvalue weighted by molar-refractivity contribution is 7.89. The second kappa shape index (κ2) is 8.25. The zero-order chi connectivity index (χ0) is 20.4. The molecule has 2 aromatic rings. The van der Waals surface area contributed by atoms with Gasteiger partial charge in [0.2, 0.25) is 16.0 Å². The van der Waals surface area contributed by atoms with Crippen molar-refractivity contribution in [2.75, 3.05) is 44.4 Å². The predicted octanol–water partition coefficient (Wildman–Crippen LogP) is 1.77. The lowest BCUT2D eigenvalue weighted by Crippen LogP contribution is -2.39. The summed E-state index contributed by atoms with van der Waals surface area (Å²) in [6.07, 6.45) is 2.44. The number of hydrogen-bond donors (Lipinski definition) is 0. The number of morpholine rings is 1. The van der Waals surface area contributed by atoms with E-state index in [4.69, 9.17) is 9.47 Å². The molecule has 0 N–H and O–H groups in total. The fourth-order valence-electron chi connectivity index (χ4n) is 3.64. The molecule has 0 atom stereocenters. The molecule has 156 valence electrons. The topological polar surface area (TPSA) is 84.9 Å². The van der Waals surface area contributed by atoms with Gasteiger partial charge in [0.15, 0.2) is 0 Å². The quantitative estimate of drug-likeness (QED) is 0.732. The molecule has 1 saturated heterocycles. The normalized spacial score (nSPS) is 17.8. The summed E-state index contributed by atoms with van der Waals surface area (Å²) in [6.45, 7) is 7.76. The molecule has 4 rings (SSSR count). The molecule has 0 unspecified atom stereocenters. The number of hydrogen-bond acceptors (Lipinski definition) is 7. The minimum absolute atomic E-state index is 0.254. The Labute approximate surface area is 171 Å². The van der Waals surface area contributed by atoms with Crippen LogP contribution in [0.3, 0.4) is 0 Å². The Morgan fingerprint density at radius 1 is 1.21 bits per heavy atom. The highest BCUT2D eigenvalue weighted by Gasteiger charge is 2.30. The van der Waals surface area contributed by atoms with Gasteiger partial charge in [-0.3, -0.25) is 0 Å². The summed E-state index contributed by atoms with van der Waals surface area (Å²) in [5, 5.41) is 0. The van der Waals surface area contributed by atoms with Crippen LogP contribution in [0.4, 0.5) is 5.95 Å². The highest BCUT2D eigenvalue weighted by atomic mass is 32.2. The van der Waals surface area contributed by atoms with Crippen molar-refractivity contribution in [3.8, 4) is 5.75 Å². The van der Waals surface area contributed by atoms with E-state index < -0.39 is 10.0 Å². The van der Waals surface area contributed by atoms with Gasteiger partial charge in [-0.1, -0.05) is 0 Å². The third-order valence-corrected chi connectivity index (χ3v) is 7.12. The lowest BCUT2D eigenvalue weighted by molar-refractivity contribution is 0.122. The summed E-state index contributed by atoms with van der Waals surface area (Å²) < 4.78 is 38.9. The second-order valence-corrected chi connectivity index (χ2v) is 9.13. The van der Waals surface area contributed by atoms with Crippen LogP contribution >= 0.6 is 0 Å². The number of aryl methyl sites for hydroxylation is 1. The number of nitrogens with zero attached hydrogens (tertiary/aromatic N) is 4. The number of rotatable bonds is 5. The molecular formula is C20H26N4O4S. The Kier molecular flexibility index (Phi) is 5.71. The number of sulfonamides is 1. The maximum atomic E-state index is 13.2. The van der Waals surface area contributed by atoms with Crippen LogP contribution in [-0.4, -0.2) is 62.1 Å². The van der Waals surface area contributed by atoms with E-state index in [-0.39, 0.29) is 11.4 Å². The highest BCUT2D eigenvalue weighted by Crippen LogP contribution is 2.28. The van der Waals surface area contributed by atoms with E-state index in [1.807, 2.05) is 20.0 Å². The van der Waals surface area contributed by atoms with E-state index in [1.165, 1.54) is 4.31 Å². The first-order valence-electron chi connectivity index (χ1n) is 9.90. The smallest absolute Gasteiger partial charge is 0.243 e. The van der Waals surface area contributed by atoms with Gasteiger partial charge in [-0.2, -0.15) is 4.31 Å². The van der Waals surface area contributed by atoms with Gasteiger partial charge < -0.3 is 14.4 Å². The first kappa shape index (κ1) is 20.1. The van der Waals surface area contributed by atoms with Crippen LogP contribution in [0.1, 0.15) is 23.7 Å². The molecular weight excluding hydrogens is 392 g/mol. The molecule has 1 aromatic heterocycles. The minimum atomic E-state index is -3.61. The van der Waals surface area contributed by atoms with Crippen molar-refractivity contribution < 1.29 is 17.9 Å². The van der Waals surface area contributed by atoms with Crippen LogP contribution in [0.25, 0.3) is 0 Å². The van der Waals surface area contributed by atoms with Crippen molar-refractivity contribution in [3.63, 3.8) is 0 Å². The van der Waals surface area contributed by atoms with E-state index >= 15 is 0 Å².